The molecule has 1 saturated heterocycles. The molecule has 172 valence electrons. The van der Waals surface area contributed by atoms with Crippen LogP contribution in [0.1, 0.15) is 55.0 Å². The lowest BCUT2D eigenvalue weighted by molar-refractivity contribution is 0.300. The standard InChI is InChI=1S/C23H28N8OS/c1-14-13-30(3)10-5-11-31(14)22-26-9-7-16(27-22)20-28-21(32-29-20)23(2)8-4-6-17-18(23)15(12-24)19(25)33-17/h7,9,14H,4-6,8,10-11,13,25H2,1-3H3/t14-,23-/m0/s1. The van der Waals surface area contributed by atoms with Crippen LogP contribution in [0.5, 0.6) is 0 Å². The normalized spacial score (nSPS) is 23.7. The number of aryl methyl sites for hydroxylation is 1. The van der Waals surface area contributed by atoms with E-state index in [2.05, 4.69) is 46.9 Å². The summed E-state index contributed by atoms with van der Waals surface area (Å²) in [6, 6.07) is 4.41. The van der Waals surface area contributed by atoms with Crippen molar-refractivity contribution in [2.75, 3.05) is 37.3 Å². The number of hydrogen-bond acceptors (Lipinski definition) is 10. The second-order valence-corrected chi connectivity index (χ2v) is 10.4. The van der Waals surface area contributed by atoms with Crippen LogP contribution in [-0.4, -0.2) is 57.7 Å². The van der Waals surface area contributed by atoms with Gasteiger partial charge in [-0.15, -0.1) is 11.3 Å². The number of nitriles is 1. The number of hydrogen-bond donors (Lipinski definition) is 1. The topological polar surface area (TPSA) is 121 Å². The average molecular weight is 465 g/mol. The molecule has 0 spiro atoms. The maximum absolute atomic E-state index is 9.72. The van der Waals surface area contributed by atoms with Gasteiger partial charge in [-0.05, 0) is 59.2 Å². The summed E-state index contributed by atoms with van der Waals surface area (Å²) in [4.78, 5) is 19.8. The highest BCUT2D eigenvalue weighted by Crippen LogP contribution is 2.48. The van der Waals surface area contributed by atoms with Crippen molar-refractivity contribution in [1.82, 2.24) is 25.0 Å². The molecule has 2 atom stereocenters. The fraction of sp³-hybridized carbons (Fsp3) is 0.522. The molecule has 33 heavy (non-hydrogen) atoms. The maximum Gasteiger partial charge on any atom is 0.237 e. The highest BCUT2D eigenvalue weighted by molar-refractivity contribution is 7.16. The van der Waals surface area contributed by atoms with Crippen LogP contribution < -0.4 is 10.6 Å². The third-order valence-corrected chi connectivity index (χ3v) is 7.90. The molecule has 3 aromatic rings. The van der Waals surface area contributed by atoms with Crippen LogP contribution in [0.3, 0.4) is 0 Å². The van der Waals surface area contributed by atoms with E-state index in [1.54, 1.807) is 6.20 Å². The van der Waals surface area contributed by atoms with Crippen LogP contribution in [0, 0.1) is 11.3 Å². The SMILES string of the molecule is C[C@H]1CN(C)CCCN1c1nccc(-c2noc([C@@]3(C)CCCc4sc(N)c(C#N)c43)n2)n1. The van der Waals surface area contributed by atoms with E-state index in [1.165, 1.54) is 11.3 Å². The van der Waals surface area contributed by atoms with Gasteiger partial charge in [0.1, 0.15) is 16.8 Å². The minimum atomic E-state index is -0.544. The number of thiophene rings is 1. The summed E-state index contributed by atoms with van der Waals surface area (Å²) in [5, 5.41) is 14.6. The van der Waals surface area contributed by atoms with Gasteiger partial charge >= 0.3 is 0 Å². The summed E-state index contributed by atoms with van der Waals surface area (Å²) in [6.45, 7) is 7.20. The first-order valence-corrected chi connectivity index (χ1v) is 12.2. The molecule has 0 amide bonds. The van der Waals surface area contributed by atoms with Crippen LogP contribution in [-0.2, 0) is 11.8 Å². The number of anilines is 2. The Hall–Kier alpha value is -3.03. The fourth-order valence-electron chi connectivity index (χ4n) is 5.14. The minimum absolute atomic E-state index is 0.307. The molecular formula is C23H28N8OS. The minimum Gasteiger partial charge on any atom is -0.389 e. The van der Waals surface area contributed by atoms with Crippen molar-refractivity contribution >= 4 is 22.3 Å². The molecule has 2 aliphatic rings. The third kappa shape index (κ3) is 3.75. The van der Waals surface area contributed by atoms with Crippen molar-refractivity contribution in [2.24, 2.45) is 0 Å². The first kappa shape index (κ1) is 21.8. The smallest absolute Gasteiger partial charge is 0.237 e. The monoisotopic (exact) mass is 464 g/mol. The Balaban J connectivity index is 1.49. The highest BCUT2D eigenvalue weighted by atomic mass is 32.1. The molecule has 9 nitrogen and oxygen atoms in total. The van der Waals surface area contributed by atoms with Gasteiger partial charge in [-0.1, -0.05) is 5.16 Å². The predicted molar refractivity (Wildman–Crippen MR) is 127 cm³/mol. The van der Waals surface area contributed by atoms with Crippen LogP contribution in [0.2, 0.25) is 0 Å². The summed E-state index contributed by atoms with van der Waals surface area (Å²) < 4.78 is 5.78. The largest absolute Gasteiger partial charge is 0.389 e. The molecule has 1 aliphatic carbocycles. The van der Waals surface area contributed by atoms with E-state index in [-0.39, 0.29) is 0 Å². The molecule has 10 heteroatoms. The van der Waals surface area contributed by atoms with Crippen molar-refractivity contribution in [2.45, 2.75) is 51.0 Å². The number of aromatic nitrogens is 4. The van der Waals surface area contributed by atoms with Crippen molar-refractivity contribution in [1.29, 1.82) is 5.26 Å². The second kappa shape index (κ2) is 8.39. The third-order valence-electron chi connectivity index (χ3n) is 6.83. The van der Waals surface area contributed by atoms with Crippen molar-refractivity contribution < 1.29 is 4.52 Å². The molecule has 0 unspecified atom stereocenters. The quantitative estimate of drug-likeness (QED) is 0.622. The summed E-state index contributed by atoms with van der Waals surface area (Å²) in [7, 11) is 2.15. The first-order valence-electron chi connectivity index (χ1n) is 11.3. The van der Waals surface area contributed by atoms with Gasteiger partial charge in [0, 0.05) is 35.8 Å². The first-order chi connectivity index (χ1) is 15.9. The lowest BCUT2D eigenvalue weighted by Crippen LogP contribution is -2.39. The van der Waals surface area contributed by atoms with E-state index < -0.39 is 5.41 Å². The summed E-state index contributed by atoms with van der Waals surface area (Å²) >= 11 is 1.50. The lowest BCUT2D eigenvalue weighted by atomic mass is 9.72. The Morgan fingerprint density at radius 3 is 2.97 bits per heavy atom. The second-order valence-electron chi connectivity index (χ2n) is 9.26. The number of nitrogens with two attached hydrogens (primary N) is 1. The van der Waals surface area contributed by atoms with Gasteiger partial charge in [-0.2, -0.15) is 10.2 Å². The van der Waals surface area contributed by atoms with Crippen LogP contribution in [0.4, 0.5) is 10.9 Å². The van der Waals surface area contributed by atoms with Crippen molar-refractivity contribution in [3.63, 3.8) is 0 Å². The molecule has 4 heterocycles. The maximum atomic E-state index is 9.72. The van der Waals surface area contributed by atoms with E-state index >= 15 is 0 Å². The van der Waals surface area contributed by atoms with E-state index in [9.17, 15) is 5.26 Å². The van der Waals surface area contributed by atoms with Gasteiger partial charge in [0.15, 0.2) is 0 Å². The van der Waals surface area contributed by atoms with Crippen LogP contribution in [0.15, 0.2) is 16.8 Å². The number of rotatable bonds is 3. The number of nitrogen functional groups attached to an aromatic ring is 1. The van der Waals surface area contributed by atoms with E-state index in [4.69, 9.17) is 20.2 Å². The van der Waals surface area contributed by atoms with E-state index in [1.807, 2.05) is 6.07 Å². The van der Waals surface area contributed by atoms with Crippen molar-refractivity contribution in [3.05, 3.63) is 34.2 Å². The van der Waals surface area contributed by atoms with Gasteiger partial charge in [0.05, 0.1) is 11.0 Å². The molecule has 5 rings (SSSR count). The zero-order valence-corrected chi connectivity index (χ0v) is 20.0. The van der Waals surface area contributed by atoms with Gasteiger partial charge in [-0.3, -0.25) is 0 Å². The fourth-order valence-corrected chi connectivity index (χ4v) is 6.33. The molecular weight excluding hydrogens is 436 g/mol. The predicted octanol–water partition coefficient (Wildman–Crippen LogP) is 3.21. The molecule has 1 aliphatic heterocycles. The Kier molecular flexibility index (Phi) is 5.54. The van der Waals surface area contributed by atoms with Crippen LogP contribution >= 0.6 is 11.3 Å². The number of likely N-dealkylation sites (N-methyl/N-ethyl adjacent to an activating group) is 1. The van der Waals surface area contributed by atoms with Gasteiger partial charge < -0.3 is 20.1 Å². The Labute approximate surface area is 197 Å². The molecule has 3 aromatic heterocycles. The summed E-state index contributed by atoms with van der Waals surface area (Å²) in [5.74, 6) is 1.62. The summed E-state index contributed by atoms with van der Waals surface area (Å²) in [6.07, 6.45) is 5.53. The zero-order valence-electron chi connectivity index (χ0n) is 19.2. The van der Waals surface area contributed by atoms with E-state index in [0.29, 0.717) is 40.0 Å². The van der Waals surface area contributed by atoms with Crippen molar-refractivity contribution in [3.8, 4) is 17.6 Å². The van der Waals surface area contributed by atoms with Gasteiger partial charge in [0.2, 0.25) is 17.7 Å². The summed E-state index contributed by atoms with van der Waals surface area (Å²) in [5.41, 5.74) is 7.72. The number of fused-ring (bicyclic) bond motifs is 1. The number of nitrogens with zero attached hydrogens (tertiary/aromatic N) is 7. The van der Waals surface area contributed by atoms with Gasteiger partial charge in [-0.25, -0.2) is 9.97 Å². The molecule has 0 aromatic carbocycles. The molecule has 0 radical (unpaired) electrons. The molecule has 1 fully saturated rings. The Bertz CT molecular complexity index is 1210. The molecule has 0 bridgehead atoms. The molecule has 2 N–H and O–H groups in total. The van der Waals surface area contributed by atoms with Crippen LogP contribution in [0.25, 0.3) is 11.5 Å². The average Bonchev–Trinajstić information content (AvgIpc) is 3.38. The van der Waals surface area contributed by atoms with E-state index in [0.717, 1.165) is 55.8 Å². The molecule has 0 saturated carbocycles. The Morgan fingerprint density at radius 1 is 1.30 bits per heavy atom. The van der Waals surface area contributed by atoms with Gasteiger partial charge in [0.25, 0.3) is 0 Å². The Morgan fingerprint density at radius 2 is 2.15 bits per heavy atom. The highest BCUT2D eigenvalue weighted by Gasteiger charge is 2.43. The zero-order chi connectivity index (χ0) is 23.2. The lowest BCUT2D eigenvalue weighted by Gasteiger charge is -2.30.